The maximum atomic E-state index is 13.0. The lowest BCUT2D eigenvalue weighted by atomic mass is 10.2. The van der Waals surface area contributed by atoms with Crippen molar-refractivity contribution in [3.8, 4) is 0 Å². The molecule has 0 saturated carbocycles. The van der Waals surface area contributed by atoms with Gasteiger partial charge in [-0.05, 0) is 31.2 Å². The minimum Gasteiger partial charge on any atom is -0.384 e. The molecule has 2 N–H and O–H groups in total. The molecule has 0 saturated heterocycles. The SMILES string of the molecule is CCNc1ccc(C(=O)Nc2cc(F)cc(F)c2)nc1. The number of amides is 1. The molecule has 0 radical (unpaired) electrons. The molecule has 0 spiro atoms. The first kappa shape index (κ1) is 13.9. The second kappa shape index (κ2) is 6.10. The first-order chi connectivity index (χ1) is 9.58. The predicted molar refractivity (Wildman–Crippen MR) is 72.7 cm³/mol. The topological polar surface area (TPSA) is 54.0 Å². The van der Waals surface area contributed by atoms with E-state index in [0.717, 1.165) is 30.4 Å². The van der Waals surface area contributed by atoms with E-state index >= 15 is 0 Å². The summed E-state index contributed by atoms with van der Waals surface area (Å²) in [7, 11) is 0. The fraction of sp³-hybridized carbons (Fsp3) is 0.143. The molecule has 6 heteroatoms. The van der Waals surface area contributed by atoms with Crippen molar-refractivity contribution >= 4 is 17.3 Å². The van der Waals surface area contributed by atoms with Crippen LogP contribution in [0, 0.1) is 11.6 Å². The second-order valence-corrected chi connectivity index (χ2v) is 4.07. The van der Waals surface area contributed by atoms with Crippen molar-refractivity contribution in [2.24, 2.45) is 0 Å². The summed E-state index contributed by atoms with van der Waals surface area (Å²) in [4.78, 5) is 15.8. The fourth-order valence-corrected chi connectivity index (χ4v) is 1.66. The minimum absolute atomic E-state index is 0.0464. The Morgan fingerprint density at radius 3 is 2.40 bits per heavy atom. The van der Waals surface area contributed by atoms with Gasteiger partial charge < -0.3 is 10.6 Å². The van der Waals surface area contributed by atoms with Gasteiger partial charge in [-0.15, -0.1) is 0 Å². The van der Waals surface area contributed by atoms with E-state index in [1.807, 2.05) is 6.92 Å². The predicted octanol–water partition coefficient (Wildman–Crippen LogP) is 3.04. The Bertz CT molecular complexity index is 594. The molecular formula is C14H13F2N3O. The van der Waals surface area contributed by atoms with E-state index in [-0.39, 0.29) is 11.4 Å². The van der Waals surface area contributed by atoms with Crippen molar-refractivity contribution in [3.63, 3.8) is 0 Å². The Labute approximate surface area is 114 Å². The van der Waals surface area contributed by atoms with Crippen LogP contribution in [0.5, 0.6) is 0 Å². The second-order valence-electron chi connectivity index (χ2n) is 4.07. The van der Waals surface area contributed by atoms with Gasteiger partial charge in [0.25, 0.3) is 5.91 Å². The van der Waals surface area contributed by atoms with Crippen LogP contribution in [0.25, 0.3) is 0 Å². The van der Waals surface area contributed by atoms with Crippen LogP contribution in [0.15, 0.2) is 36.5 Å². The number of nitrogens with zero attached hydrogens (tertiary/aromatic N) is 1. The van der Waals surface area contributed by atoms with Crippen molar-refractivity contribution in [3.05, 3.63) is 53.9 Å². The Morgan fingerprint density at radius 1 is 1.15 bits per heavy atom. The average molecular weight is 277 g/mol. The van der Waals surface area contributed by atoms with Gasteiger partial charge in [0.2, 0.25) is 0 Å². The molecule has 0 atom stereocenters. The number of nitrogens with one attached hydrogen (secondary N) is 2. The first-order valence-electron chi connectivity index (χ1n) is 6.06. The third kappa shape index (κ3) is 3.50. The molecular weight excluding hydrogens is 264 g/mol. The van der Waals surface area contributed by atoms with E-state index in [4.69, 9.17) is 0 Å². The highest BCUT2D eigenvalue weighted by atomic mass is 19.1. The number of pyridine rings is 1. The van der Waals surface area contributed by atoms with E-state index in [1.54, 1.807) is 6.07 Å². The van der Waals surface area contributed by atoms with E-state index in [2.05, 4.69) is 15.6 Å². The summed E-state index contributed by atoms with van der Waals surface area (Å²) in [6.07, 6.45) is 1.52. The summed E-state index contributed by atoms with van der Waals surface area (Å²) in [5.74, 6) is -2.04. The van der Waals surface area contributed by atoms with Crippen molar-refractivity contribution in [2.45, 2.75) is 6.92 Å². The van der Waals surface area contributed by atoms with Gasteiger partial charge in [-0.25, -0.2) is 13.8 Å². The van der Waals surface area contributed by atoms with Gasteiger partial charge >= 0.3 is 0 Å². The standard InChI is InChI=1S/C14H13F2N3O/c1-2-17-11-3-4-13(18-8-11)14(20)19-12-6-9(15)5-10(16)7-12/h3-8,17H,2H2,1H3,(H,19,20). The quantitative estimate of drug-likeness (QED) is 0.903. The zero-order valence-corrected chi connectivity index (χ0v) is 10.8. The number of hydrogen-bond donors (Lipinski definition) is 2. The van der Waals surface area contributed by atoms with E-state index in [1.165, 1.54) is 12.3 Å². The highest BCUT2D eigenvalue weighted by molar-refractivity contribution is 6.02. The Kier molecular flexibility index (Phi) is 4.24. The van der Waals surface area contributed by atoms with Crippen molar-refractivity contribution in [1.29, 1.82) is 0 Å². The highest BCUT2D eigenvalue weighted by Crippen LogP contribution is 2.14. The van der Waals surface area contributed by atoms with Crippen LogP contribution >= 0.6 is 0 Å². The van der Waals surface area contributed by atoms with Gasteiger partial charge in [-0.3, -0.25) is 4.79 Å². The molecule has 2 rings (SSSR count). The summed E-state index contributed by atoms with van der Waals surface area (Å²) in [6.45, 7) is 2.69. The molecule has 2 aromatic rings. The summed E-state index contributed by atoms with van der Waals surface area (Å²) < 4.78 is 26.0. The fourth-order valence-electron chi connectivity index (χ4n) is 1.66. The number of rotatable bonds is 4. The molecule has 0 aliphatic carbocycles. The molecule has 104 valence electrons. The molecule has 20 heavy (non-hydrogen) atoms. The van der Waals surface area contributed by atoms with Gasteiger partial charge in [0, 0.05) is 18.3 Å². The lowest BCUT2D eigenvalue weighted by Gasteiger charge is -2.06. The molecule has 1 heterocycles. The summed E-state index contributed by atoms with van der Waals surface area (Å²) in [6, 6.07) is 6.04. The maximum Gasteiger partial charge on any atom is 0.274 e. The summed E-state index contributed by atoms with van der Waals surface area (Å²) in [5.41, 5.74) is 1.00. The summed E-state index contributed by atoms with van der Waals surface area (Å²) >= 11 is 0. The van der Waals surface area contributed by atoms with Crippen LogP contribution in [0.1, 0.15) is 17.4 Å². The average Bonchev–Trinajstić information content (AvgIpc) is 2.38. The van der Waals surface area contributed by atoms with Crippen LogP contribution < -0.4 is 10.6 Å². The van der Waals surface area contributed by atoms with Crippen LogP contribution in [0.3, 0.4) is 0 Å². The first-order valence-corrected chi connectivity index (χ1v) is 6.06. The van der Waals surface area contributed by atoms with Gasteiger partial charge in [0.05, 0.1) is 11.9 Å². The molecule has 1 amide bonds. The summed E-state index contributed by atoms with van der Waals surface area (Å²) in [5, 5.41) is 5.43. The third-order valence-electron chi connectivity index (χ3n) is 2.50. The number of hydrogen-bond acceptors (Lipinski definition) is 3. The lowest BCUT2D eigenvalue weighted by Crippen LogP contribution is -2.14. The van der Waals surface area contributed by atoms with Crippen LogP contribution in [0.4, 0.5) is 20.2 Å². The smallest absolute Gasteiger partial charge is 0.274 e. The molecule has 4 nitrogen and oxygen atoms in total. The minimum atomic E-state index is -0.754. The van der Waals surface area contributed by atoms with Crippen LogP contribution in [0.2, 0.25) is 0 Å². The highest BCUT2D eigenvalue weighted by Gasteiger charge is 2.09. The molecule has 1 aromatic heterocycles. The molecule has 1 aromatic carbocycles. The molecule has 0 aliphatic heterocycles. The van der Waals surface area contributed by atoms with Gasteiger partial charge in [0.1, 0.15) is 17.3 Å². The van der Waals surface area contributed by atoms with Crippen LogP contribution in [-0.2, 0) is 0 Å². The number of aromatic nitrogens is 1. The normalized spacial score (nSPS) is 10.2. The van der Waals surface area contributed by atoms with Crippen molar-refractivity contribution in [1.82, 2.24) is 4.98 Å². The number of carbonyl (C=O) groups excluding carboxylic acids is 1. The van der Waals surface area contributed by atoms with E-state index < -0.39 is 17.5 Å². The molecule has 0 unspecified atom stereocenters. The molecule has 0 fully saturated rings. The van der Waals surface area contributed by atoms with Gasteiger partial charge in [-0.2, -0.15) is 0 Å². The number of anilines is 2. The Morgan fingerprint density at radius 2 is 1.85 bits per heavy atom. The largest absolute Gasteiger partial charge is 0.384 e. The number of benzene rings is 1. The van der Waals surface area contributed by atoms with E-state index in [9.17, 15) is 13.6 Å². The van der Waals surface area contributed by atoms with Crippen LogP contribution in [-0.4, -0.2) is 17.4 Å². The maximum absolute atomic E-state index is 13.0. The number of carbonyl (C=O) groups is 1. The monoisotopic (exact) mass is 277 g/mol. The van der Waals surface area contributed by atoms with Crippen molar-refractivity contribution < 1.29 is 13.6 Å². The molecule has 0 bridgehead atoms. The number of halogens is 2. The zero-order valence-electron chi connectivity index (χ0n) is 10.8. The third-order valence-corrected chi connectivity index (χ3v) is 2.50. The Balaban J connectivity index is 2.11. The van der Waals surface area contributed by atoms with E-state index in [0.29, 0.717) is 0 Å². The van der Waals surface area contributed by atoms with Gasteiger partial charge in [-0.1, -0.05) is 0 Å². The van der Waals surface area contributed by atoms with Gasteiger partial charge in [0.15, 0.2) is 0 Å². The lowest BCUT2D eigenvalue weighted by molar-refractivity contribution is 0.102. The van der Waals surface area contributed by atoms with Crippen molar-refractivity contribution in [2.75, 3.05) is 17.2 Å². The zero-order chi connectivity index (χ0) is 14.5. The Hall–Kier alpha value is -2.50. The molecule has 0 aliphatic rings.